The average Bonchev–Trinajstić information content (AvgIpc) is 3.21. The zero-order chi connectivity index (χ0) is 18.1. The molecule has 8 nitrogen and oxygen atoms in total. The van der Waals surface area contributed by atoms with Crippen molar-refractivity contribution in [2.75, 3.05) is 13.1 Å². The first-order chi connectivity index (χ1) is 12.5. The number of fused-ring (bicyclic) bond motifs is 1. The van der Waals surface area contributed by atoms with Crippen molar-refractivity contribution in [3.63, 3.8) is 0 Å². The summed E-state index contributed by atoms with van der Waals surface area (Å²) < 4.78 is 7.07. The van der Waals surface area contributed by atoms with Crippen LogP contribution in [0.1, 0.15) is 24.4 Å². The van der Waals surface area contributed by atoms with E-state index in [4.69, 9.17) is 4.52 Å². The highest BCUT2D eigenvalue weighted by atomic mass is 16.5. The Hall–Kier alpha value is -2.74. The molecule has 2 aromatic heterocycles. The van der Waals surface area contributed by atoms with Gasteiger partial charge in [0, 0.05) is 31.9 Å². The lowest BCUT2D eigenvalue weighted by molar-refractivity contribution is -0.137. The van der Waals surface area contributed by atoms with Gasteiger partial charge in [-0.15, -0.1) is 10.2 Å². The van der Waals surface area contributed by atoms with Gasteiger partial charge in [-0.2, -0.15) is 0 Å². The minimum absolute atomic E-state index is 0.0554. The van der Waals surface area contributed by atoms with Crippen molar-refractivity contribution in [2.24, 2.45) is 7.05 Å². The first-order valence-electron chi connectivity index (χ1n) is 8.70. The van der Waals surface area contributed by atoms with Gasteiger partial charge in [-0.1, -0.05) is 17.3 Å². The van der Waals surface area contributed by atoms with Gasteiger partial charge >= 0.3 is 0 Å². The number of benzene rings is 1. The number of rotatable bonds is 4. The average molecular weight is 355 g/mol. The third-order valence-corrected chi connectivity index (χ3v) is 4.97. The van der Waals surface area contributed by atoms with Crippen LogP contribution in [0.25, 0.3) is 11.0 Å². The SMILES string of the molecule is Cn1cnnc1CC1(O)CCCN(C(=O)Cc2noc3ccccc23)C1. The first kappa shape index (κ1) is 16.7. The number of aliphatic hydroxyl groups is 1. The standard InChI is InChI=1S/C18H21N5O3/c1-22-12-19-20-16(22)10-18(25)7-4-8-23(11-18)17(24)9-14-13-5-2-3-6-15(13)26-21-14/h2-3,5-6,12,25H,4,7-11H2,1H3. The van der Waals surface area contributed by atoms with Gasteiger partial charge in [0.1, 0.15) is 17.8 Å². The van der Waals surface area contributed by atoms with E-state index in [-0.39, 0.29) is 18.9 Å². The number of para-hydroxylation sites is 1. The fraction of sp³-hybridized carbons (Fsp3) is 0.444. The summed E-state index contributed by atoms with van der Waals surface area (Å²) >= 11 is 0. The molecule has 1 atom stereocenters. The molecule has 1 N–H and O–H groups in total. The normalized spacial score (nSPS) is 20.6. The van der Waals surface area contributed by atoms with Crippen LogP contribution in [0.5, 0.6) is 0 Å². The van der Waals surface area contributed by atoms with Gasteiger partial charge < -0.3 is 19.1 Å². The number of carbonyl (C=O) groups is 1. The summed E-state index contributed by atoms with van der Waals surface area (Å²) in [5, 5.41) is 23.8. The number of amides is 1. The second-order valence-corrected chi connectivity index (χ2v) is 6.98. The highest BCUT2D eigenvalue weighted by molar-refractivity contribution is 5.86. The molecular weight excluding hydrogens is 334 g/mol. The second kappa shape index (κ2) is 6.53. The van der Waals surface area contributed by atoms with Gasteiger partial charge in [0.2, 0.25) is 5.91 Å². The van der Waals surface area contributed by atoms with Gasteiger partial charge in [0.15, 0.2) is 5.58 Å². The van der Waals surface area contributed by atoms with Crippen LogP contribution in [0.15, 0.2) is 35.1 Å². The number of aromatic nitrogens is 4. The third kappa shape index (κ3) is 3.20. The van der Waals surface area contributed by atoms with E-state index in [0.29, 0.717) is 36.5 Å². The molecule has 1 amide bonds. The van der Waals surface area contributed by atoms with Crippen molar-refractivity contribution >= 4 is 16.9 Å². The molecule has 1 aromatic carbocycles. The molecule has 1 unspecified atom stereocenters. The Kier molecular flexibility index (Phi) is 4.20. The molecule has 26 heavy (non-hydrogen) atoms. The quantitative estimate of drug-likeness (QED) is 0.752. The molecule has 136 valence electrons. The van der Waals surface area contributed by atoms with Crippen LogP contribution in [0.2, 0.25) is 0 Å². The van der Waals surface area contributed by atoms with Crippen LogP contribution < -0.4 is 0 Å². The van der Waals surface area contributed by atoms with Crippen molar-refractivity contribution in [2.45, 2.75) is 31.3 Å². The Morgan fingerprint density at radius 2 is 2.23 bits per heavy atom. The predicted octanol–water partition coefficient (Wildman–Crippen LogP) is 1.09. The number of nitrogens with zero attached hydrogens (tertiary/aromatic N) is 5. The van der Waals surface area contributed by atoms with E-state index in [1.165, 1.54) is 0 Å². The third-order valence-electron chi connectivity index (χ3n) is 4.97. The monoisotopic (exact) mass is 355 g/mol. The molecule has 0 radical (unpaired) electrons. The van der Waals surface area contributed by atoms with E-state index in [2.05, 4.69) is 15.4 Å². The summed E-state index contributed by atoms with van der Waals surface area (Å²) in [6.45, 7) is 0.921. The molecule has 8 heteroatoms. The summed E-state index contributed by atoms with van der Waals surface area (Å²) in [5.74, 6) is 0.657. The fourth-order valence-electron chi connectivity index (χ4n) is 3.55. The number of hydrogen-bond donors (Lipinski definition) is 1. The van der Waals surface area contributed by atoms with Crippen LogP contribution >= 0.6 is 0 Å². The molecule has 0 spiro atoms. The molecule has 1 fully saturated rings. The number of likely N-dealkylation sites (tertiary alicyclic amines) is 1. The van der Waals surface area contributed by atoms with Crippen molar-refractivity contribution in [3.05, 3.63) is 42.1 Å². The molecule has 0 bridgehead atoms. The number of carbonyl (C=O) groups excluding carboxylic acids is 1. The zero-order valence-corrected chi connectivity index (χ0v) is 14.6. The number of hydrogen-bond acceptors (Lipinski definition) is 6. The van der Waals surface area contributed by atoms with Crippen LogP contribution in [0.3, 0.4) is 0 Å². The summed E-state index contributed by atoms with van der Waals surface area (Å²) in [6, 6.07) is 7.50. The highest BCUT2D eigenvalue weighted by Crippen LogP contribution is 2.26. The smallest absolute Gasteiger partial charge is 0.228 e. The lowest BCUT2D eigenvalue weighted by atomic mass is 9.89. The van der Waals surface area contributed by atoms with E-state index in [1.54, 1.807) is 15.8 Å². The summed E-state index contributed by atoms with van der Waals surface area (Å²) in [6.07, 6.45) is 3.54. The first-order valence-corrected chi connectivity index (χ1v) is 8.70. The maximum absolute atomic E-state index is 12.8. The molecule has 0 aliphatic carbocycles. The molecule has 4 rings (SSSR count). The van der Waals surface area contributed by atoms with Crippen LogP contribution in [-0.2, 0) is 24.7 Å². The van der Waals surface area contributed by atoms with Gasteiger partial charge in [0.25, 0.3) is 0 Å². The molecule has 1 saturated heterocycles. The van der Waals surface area contributed by atoms with E-state index in [9.17, 15) is 9.90 Å². The van der Waals surface area contributed by atoms with E-state index >= 15 is 0 Å². The van der Waals surface area contributed by atoms with Crippen molar-refractivity contribution in [1.29, 1.82) is 0 Å². The van der Waals surface area contributed by atoms with Crippen molar-refractivity contribution in [3.8, 4) is 0 Å². The molecule has 3 aromatic rings. The summed E-state index contributed by atoms with van der Waals surface area (Å²) in [5.41, 5.74) is 0.321. The van der Waals surface area contributed by atoms with Crippen LogP contribution in [0.4, 0.5) is 0 Å². The van der Waals surface area contributed by atoms with Crippen LogP contribution in [0, 0.1) is 0 Å². The number of β-amino-alcohol motifs (C(OH)–C–C–N with tert-alkyl or cyclic N) is 1. The van der Waals surface area contributed by atoms with E-state index in [1.807, 2.05) is 31.3 Å². The lowest BCUT2D eigenvalue weighted by Gasteiger charge is -2.39. The Balaban J connectivity index is 1.47. The molecule has 1 aliphatic heterocycles. The van der Waals surface area contributed by atoms with Gasteiger partial charge in [-0.3, -0.25) is 4.79 Å². The Bertz CT molecular complexity index is 934. The van der Waals surface area contributed by atoms with Crippen LogP contribution in [-0.4, -0.2) is 54.5 Å². The fourth-order valence-corrected chi connectivity index (χ4v) is 3.55. The number of aryl methyl sites for hydroxylation is 1. The summed E-state index contributed by atoms with van der Waals surface area (Å²) in [4.78, 5) is 14.5. The molecule has 0 saturated carbocycles. The predicted molar refractivity (Wildman–Crippen MR) is 93.2 cm³/mol. The van der Waals surface area contributed by atoms with E-state index in [0.717, 1.165) is 11.8 Å². The Labute approximate surface area is 150 Å². The lowest BCUT2D eigenvalue weighted by Crippen LogP contribution is -2.52. The van der Waals surface area contributed by atoms with Crippen molar-refractivity contribution < 1.29 is 14.4 Å². The van der Waals surface area contributed by atoms with Gasteiger partial charge in [-0.25, -0.2) is 0 Å². The molecular formula is C18H21N5O3. The summed E-state index contributed by atoms with van der Waals surface area (Å²) in [7, 11) is 1.85. The second-order valence-electron chi connectivity index (χ2n) is 6.98. The Morgan fingerprint density at radius 3 is 3.04 bits per heavy atom. The van der Waals surface area contributed by atoms with E-state index < -0.39 is 5.60 Å². The van der Waals surface area contributed by atoms with Gasteiger partial charge in [-0.05, 0) is 25.0 Å². The van der Waals surface area contributed by atoms with Crippen molar-refractivity contribution in [1.82, 2.24) is 24.8 Å². The number of piperidine rings is 1. The zero-order valence-electron chi connectivity index (χ0n) is 14.6. The highest BCUT2D eigenvalue weighted by Gasteiger charge is 2.36. The largest absolute Gasteiger partial charge is 0.388 e. The Morgan fingerprint density at radius 1 is 1.38 bits per heavy atom. The van der Waals surface area contributed by atoms with Gasteiger partial charge in [0.05, 0.1) is 12.0 Å². The maximum Gasteiger partial charge on any atom is 0.228 e. The molecule has 1 aliphatic rings. The minimum Gasteiger partial charge on any atom is -0.388 e. The maximum atomic E-state index is 12.8. The molecule has 3 heterocycles. The minimum atomic E-state index is -0.986. The topological polar surface area (TPSA) is 97.3 Å².